The van der Waals surface area contributed by atoms with Gasteiger partial charge in [-0.2, -0.15) is 0 Å². The zero-order valence-corrected chi connectivity index (χ0v) is 14.2. The smallest absolute Gasteiger partial charge is 0.188 e. The molecule has 122 valence electrons. The van der Waals surface area contributed by atoms with Gasteiger partial charge < -0.3 is 5.32 Å². The summed E-state index contributed by atoms with van der Waals surface area (Å²) in [5.74, 6) is 1.45. The third kappa shape index (κ3) is 3.37. The molecule has 1 aliphatic rings. The maximum Gasteiger partial charge on any atom is 0.188 e. The summed E-state index contributed by atoms with van der Waals surface area (Å²) in [7, 11) is 0. The molecule has 5 heteroatoms. The van der Waals surface area contributed by atoms with Gasteiger partial charge in [-0.25, -0.2) is 15.0 Å². The van der Waals surface area contributed by atoms with Crippen LogP contribution in [0, 0.1) is 5.92 Å². The third-order valence-corrected chi connectivity index (χ3v) is 5.58. The number of thiazole rings is 1. The number of hydrogen-bond acceptors (Lipinski definition) is 5. The summed E-state index contributed by atoms with van der Waals surface area (Å²) in [5.41, 5.74) is 1.39. The number of hydrogen-bond donors (Lipinski definition) is 1. The maximum atomic E-state index is 4.47. The van der Waals surface area contributed by atoms with Gasteiger partial charge >= 0.3 is 0 Å². The second kappa shape index (κ2) is 7.20. The van der Waals surface area contributed by atoms with Crippen molar-refractivity contribution < 1.29 is 0 Å². The normalized spacial score (nSPS) is 15.8. The Hall–Kier alpha value is -2.11. The van der Waals surface area contributed by atoms with Gasteiger partial charge in [0, 0.05) is 36.1 Å². The molecule has 3 aromatic rings. The van der Waals surface area contributed by atoms with Gasteiger partial charge in [0.15, 0.2) is 10.8 Å². The first-order valence-electron chi connectivity index (χ1n) is 8.40. The fourth-order valence-corrected chi connectivity index (χ4v) is 3.91. The zero-order chi connectivity index (χ0) is 16.2. The fraction of sp³-hybridized carbons (Fsp3) is 0.316. The topological polar surface area (TPSA) is 50.7 Å². The van der Waals surface area contributed by atoms with E-state index in [1.54, 1.807) is 23.7 Å². The van der Waals surface area contributed by atoms with Gasteiger partial charge in [0.2, 0.25) is 0 Å². The Morgan fingerprint density at radius 3 is 2.54 bits per heavy atom. The minimum absolute atomic E-state index is 0.429. The highest BCUT2D eigenvalue weighted by Crippen LogP contribution is 2.38. The van der Waals surface area contributed by atoms with E-state index in [1.807, 2.05) is 12.3 Å². The lowest BCUT2D eigenvalue weighted by Crippen LogP contribution is -2.31. The molecule has 24 heavy (non-hydrogen) atoms. The Morgan fingerprint density at radius 1 is 1.04 bits per heavy atom. The molecule has 4 rings (SSSR count). The Kier molecular flexibility index (Phi) is 4.62. The summed E-state index contributed by atoms with van der Waals surface area (Å²) in [6, 6.07) is 13.0. The van der Waals surface area contributed by atoms with E-state index >= 15 is 0 Å². The van der Waals surface area contributed by atoms with Gasteiger partial charge in [0.1, 0.15) is 0 Å². The van der Waals surface area contributed by atoms with Crippen LogP contribution in [-0.4, -0.2) is 15.0 Å². The van der Waals surface area contributed by atoms with Crippen LogP contribution in [0.15, 0.2) is 55.0 Å². The minimum Gasteiger partial charge on any atom is -0.305 e. The lowest BCUT2D eigenvalue weighted by molar-refractivity contribution is 0.230. The van der Waals surface area contributed by atoms with Crippen LogP contribution in [0.2, 0.25) is 0 Å². The van der Waals surface area contributed by atoms with E-state index in [4.69, 9.17) is 0 Å². The summed E-state index contributed by atoms with van der Waals surface area (Å²) < 4.78 is 0. The van der Waals surface area contributed by atoms with E-state index in [-0.39, 0.29) is 0 Å². The Morgan fingerprint density at radius 2 is 1.83 bits per heavy atom. The molecule has 0 aliphatic heterocycles. The first-order chi connectivity index (χ1) is 11.9. The van der Waals surface area contributed by atoms with Crippen LogP contribution in [-0.2, 0) is 6.54 Å². The molecule has 1 N–H and O–H groups in total. The first-order valence-corrected chi connectivity index (χ1v) is 9.22. The number of nitrogens with zero attached hydrogens (tertiary/aromatic N) is 3. The van der Waals surface area contributed by atoms with Gasteiger partial charge in [-0.15, -0.1) is 11.3 Å². The van der Waals surface area contributed by atoms with Crippen LogP contribution in [0.25, 0.3) is 10.8 Å². The highest BCUT2D eigenvalue weighted by atomic mass is 32.1. The van der Waals surface area contributed by atoms with Crippen molar-refractivity contribution in [1.82, 2.24) is 20.3 Å². The van der Waals surface area contributed by atoms with Crippen LogP contribution in [0.4, 0.5) is 0 Å². The highest BCUT2D eigenvalue weighted by molar-refractivity contribution is 7.14. The summed E-state index contributed by atoms with van der Waals surface area (Å²) in [4.78, 5) is 14.2. The van der Waals surface area contributed by atoms with Crippen LogP contribution in [0.5, 0.6) is 0 Å². The largest absolute Gasteiger partial charge is 0.305 e. The van der Waals surface area contributed by atoms with E-state index < -0.39 is 0 Å². The van der Waals surface area contributed by atoms with Gasteiger partial charge in [0.05, 0.1) is 0 Å². The molecule has 0 saturated heterocycles. The van der Waals surface area contributed by atoms with Crippen molar-refractivity contribution in [3.63, 3.8) is 0 Å². The van der Waals surface area contributed by atoms with Crippen molar-refractivity contribution in [1.29, 1.82) is 0 Å². The lowest BCUT2D eigenvalue weighted by atomic mass is 9.77. The minimum atomic E-state index is 0.429. The quantitative estimate of drug-likeness (QED) is 0.732. The van der Waals surface area contributed by atoms with Crippen LogP contribution in [0.1, 0.15) is 35.7 Å². The van der Waals surface area contributed by atoms with Crippen molar-refractivity contribution in [2.24, 2.45) is 5.92 Å². The molecule has 0 amide bonds. The zero-order valence-electron chi connectivity index (χ0n) is 13.4. The predicted molar refractivity (Wildman–Crippen MR) is 96.5 cm³/mol. The molecule has 2 aromatic heterocycles. The van der Waals surface area contributed by atoms with Gasteiger partial charge in [0.25, 0.3) is 0 Å². The molecule has 1 atom stereocenters. The molecular weight excluding hydrogens is 316 g/mol. The number of aromatic nitrogens is 3. The Bertz CT molecular complexity index is 768. The lowest BCUT2D eigenvalue weighted by Gasteiger charge is -2.34. The molecule has 1 fully saturated rings. The summed E-state index contributed by atoms with van der Waals surface area (Å²) in [5, 5.41) is 4.63. The molecule has 1 saturated carbocycles. The van der Waals surface area contributed by atoms with Crippen LogP contribution in [0.3, 0.4) is 0 Å². The molecule has 2 heterocycles. The number of benzene rings is 1. The van der Waals surface area contributed by atoms with E-state index in [9.17, 15) is 0 Å². The molecule has 1 aliphatic carbocycles. The van der Waals surface area contributed by atoms with Gasteiger partial charge in [-0.3, -0.25) is 0 Å². The van der Waals surface area contributed by atoms with Crippen LogP contribution >= 0.6 is 11.3 Å². The van der Waals surface area contributed by atoms with Gasteiger partial charge in [-0.05, 0) is 30.4 Å². The van der Waals surface area contributed by atoms with Gasteiger partial charge in [-0.1, -0.05) is 36.8 Å². The average Bonchev–Trinajstić information content (AvgIpc) is 3.07. The summed E-state index contributed by atoms with van der Waals surface area (Å²) in [6.45, 7) is 0.834. The molecule has 4 nitrogen and oxygen atoms in total. The fourth-order valence-electron chi connectivity index (χ4n) is 3.10. The number of rotatable bonds is 6. The van der Waals surface area contributed by atoms with E-state index in [1.165, 1.54) is 29.7 Å². The van der Waals surface area contributed by atoms with Crippen molar-refractivity contribution in [2.75, 3.05) is 0 Å². The molecule has 1 aromatic carbocycles. The van der Waals surface area contributed by atoms with Crippen molar-refractivity contribution in [3.8, 4) is 10.8 Å². The summed E-state index contributed by atoms with van der Waals surface area (Å²) >= 11 is 1.66. The monoisotopic (exact) mass is 336 g/mol. The second-order valence-corrected chi connectivity index (χ2v) is 7.28. The SMILES string of the molecule is c1ccc([C@@H](NCc2cnc(-c3ncccn3)s2)C2CCC2)cc1. The predicted octanol–water partition coefficient (Wildman–Crippen LogP) is 4.23. The van der Waals surface area contributed by atoms with E-state index in [2.05, 4.69) is 50.6 Å². The van der Waals surface area contributed by atoms with E-state index in [0.29, 0.717) is 11.9 Å². The standard InChI is InChI=1S/C19H20N4S/c1-2-6-14(7-3-1)17(15-8-4-9-15)22-12-16-13-23-19(24-16)18-20-10-5-11-21-18/h1-3,5-7,10-11,13,15,17,22H,4,8-9,12H2/t17-/m1/s1. The Labute approximate surface area is 146 Å². The highest BCUT2D eigenvalue weighted by Gasteiger charge is 2.28. The molecule has 0 bridgehead atoms. The Balaban J connectivity index is 1.46. The molecule has 0 unspecified atom stereocenters. The second-order valence-electron chi connectivity index (χ2n) is 6.16. The van der Waals surface area contributed by atoms with Crippen molar-refractivity contribution >= 4 is 11.3 Å². The summed E-state index contributed by atoms with van der Waals surface area (Å²) in [6.07, 6.45) is 9.43. The van der Waals surface area contributed by atoms with Crippen molar-refractivity contribution in [2.45, 2.75) is 31.8 Å². The molecular formula is C19H20N4S. The average molecular weight is 336 g/mol. The molecule has 0 spiro atoms. The van der Waals surface area contributed by atoms with E-state index in [0.717, 1.165) is 17.5 Å². The van der Waals surface area contributed by atoms with Crippen molar-refractivity contribution in [3.05, 3.63) is 65.4 Å². The number of nitrogens with one attached hydrogen (secondary N) is 1. The third-order valence-electron chi connectivity index (χ3n) is 4.59. The maximum absolute atomic E-state index is 4.47. The molecule has 0 radical (unpaired) electrons. The first kappa shape index (κ1) is 15.4. The van der Waals surface area contributed by atoms with Crippen LogP contribution < -0.4 is 5.32 Å².